The minimum atomic E-state index is -0.242. The van der Waals surface area contributed by atoms with E-state index in [1.165, 1.54) is 26.2 Å². The van der Waals surface area contributed by atoms with Crippen LogP contribution in [0.2, 0.25) is 0 Å². The van der Waals surface area contributed by atoms with Gasteiger partial charge in [0.15, 0.2) is 0 Å². The van der Waals surface area contributed by atoms with Gasteiger partial charge in [-0.3, -0.25) is 4.79 Å². The van der Waals surface area contributed by atoms with Crippen molar-refractivity contribution in [2.24, 2.45) is 0 Å². The van der Waals surface area contributed by atoms with Gasteiger partial charge in [0.05, 0.1) is 0 Å². The van der Waals surface area contributed by atoms with Gasteiger partial charge in [-0.25, -0.2) is 0 Å². The summed E-state index contributed by atoms with van der Waals surface area (Å²) >= 11 is 0. The van der Waals surface area contributed by atoms with Crippen molar-refractivity contribution in [3.05, 3.63) is 35.9 Å². The van der Waals surface area contributed by atoms with Crippen molar-refractivity contribution in [1.82, 2.24) is 0 Å². The van der Waals surface area contributed by atoms with Crippen molar-refractivity contribution in [3.8, 4) is 0 Å². The van der Waals surface area contributed by atoms with Crippen LogP contribution in [-0.2, 0) is 16.1 Å². The maximum Gasteiger partial charge on any atom is 0.302 e. The smallest absolute Gasteiger partial charge is 0.302 e. The minimum Gasteiger partial charge on any atom is -0.461 e. The van der Waals surface area contributed by atoms with Crippen molar-refractivity contribution < 1.29 is 14.6 Å². The Labute approximate surface area is 110 Å². The lowest BCUT2D eigenvalue weighted by Crippen LogP contribution is -1.97. The Morgan fingerprint density at radius 1 is 1.17 bits per heavy atom. The molecule has 0 heterocycles. The summed E-state index contributed by atoms with van der Waals surface area (Å²) in [4.78, 5) is 10.4. The molecular weight excluding hydrogens is 228 g/mol. The van der Waals surface area contributed by atoms with Crippen molar-refractivity contribution in [2.75, 3.05) is 6.61 Å². The molecule has 0 atom stereocenters. The third-order valence-electron chi connectivity index (χ3n) is 2.30. The Kier molecular flexibility index (Phi) is 11.2. The van der Waals surface area contributed by atoms with Gasteiger partial charge in [0.2, 0.25) is 0 Å². The number of aliphatic hydroxyl groups excluding tert-OH is 1. The van der Waals surface area contributed by atoms with E-state index < -0.39 is 0 Å². The number of benzene rings is 1. The molecule has 3 nitrogen and oxygen atoms in total. The Bertz CT molecular complexity index is 292. The number of carbonyl (C=O) groups is 1. The van der Waals surface area contributed by atoms with Gasteiger partial charge in [-0.15, -0.1) is 0 Å². The van der Waals surface area contributed by atoms with Crippen LogP contribution in [0.5, 0.6) is 0 Å². The van der Waals surface area contributed by atoms with Gasteiger partial charge in [-0.2, -0.15) is 0 Å². The first-order valence-corrected chi connectivity index (χ1v) is 6.48. The second-order valence-electron chi connectivity index (χ2n) is 4.05. The molecule has 0 aromatic heterocycles. The molecule has 18 heavy (non-hydrogen) atoms. The summed E-state index contributed by atoms with van der Waals surface area (Å²) in [6.45, 7) is 4.30. The fraction of sp³-hybridized carbons (Fsp3) is 0.533. The van der Waals surface area contributed by atoms with Gasteiger partial charge in [-0.1, -0.05) is 56.5 Å². The first-order valence-electron chi connectivity index (χ1n) is 6.48. The van der Waals surface area contributed by atoms with Gasteiger partial charge in [-0.05, 0) is 12.0 Å². The Morgan fingerprint density at radius 2 is 1.83 bits per heavy atom. The van der Waals surface area contributed by atoms with Crippen molar-refractivity contribution in [2.45, 2.75) is 46.1 Å². The van der Waals surface area contributed by atoms with Gasteiger partial charge in [0, 0.05) is 13.5 Å². The van der Waals surface area contributed by atoms with Crippen molar-refractivity contribution in [1.29, 1.82) is 0 Å². The number of esters is 1. The highest BCUT2D eigenvalue weighted by atomic mass is 16.5. The average Bonchev–Trinajstić information content (AvgIpc) is 2.39. The van der Waals surface area contributed by atoms with Crippen LogP contribution in [0.15, 0.2) is 30.3 Å². The summed E-state index contributed by atoms with van der Waals surface area (Å²) in [5, 5.41) is 8.29. The highest BCUT2D eigenvalue weighted by Gasteiger charge is 1.93. The summed E-state index contributed by atoms with van der Waals surface area (Å²) in [7, 11) is 0. The van der Waals surface area contributed by atoms with Crippen LogP contribution in [0.3, 0.4) is 0 Å². The highest BCUT2D eigenvalue weighted by Crippen LogP contribution is 1.99. The molecule has 0 radical (unpaired) electrons. The van der Waals surface area contributed by atoms with E-state index in [-0.39, 0.29) is 5.97 Å². The van der Waals surface area contributed by atoms with E-state index in [2.05, 4.69) is 6.92 Å². The maximum absolute atomic E-state index is 10.4. The second-order valence-corrected chi connectivity index (χ2v) is 4.05. The van der Waals surface area contributed by atoms with Crippen LogP contribution in [0.25, 0.3) is 0 Å². The zero-order chi connectivity index (χ0) is 13.6. The third-order valence-corrected chi connectivity index (χ3v) is 2.30. The molecule has 1 aromatic rings. The Hall–Kier alpha value is -1.35. The minimum absolute atomic E-state index is 0.242. The van der Waals surface area contributed by atoms with Gasteiger partial charge >= 0.3 is 5.97 Å². The summed E-state index contributed by atoms with van der Waals surface area (Å²) in [5.74, 6) is -0.242. The second kappa shape index (κ2) is 12.1. The molecule has 0 spiro atoms. The van der Waals surface area contributed by atoms with Gasteiger partial charge < -0.3 is 9.84 Å². The molecule has 1 aromatic carbocycles. The summed E-state index contributed by atoms with van der Waals surface area (Å²) in [5.41, 5.74) is 1.02. The monoisotopic (exact) mass is 252 g/mol. The van der Waals surface area contributed by atoms with Crippen LogP contribution >= 0.6 is 0 Å². The van der Waals surface area contributed by atoms with E-state index in [1.54, 1.807) is 0 Å². The molecule has 0 aliphatic carbocycles. The number of unbranched alkanes of at least 4 members (excludes halogenated alkanes) is 3. The molecule has 1 rings (SSSR count). The molecular formula is C15H24O3. The number of hydrogen-bond acceptors (Lipinski definition) is 3. The summed E-state index contributed by atoms with van der Waals surface area (Å²) in [6.07, 6.45) is 4.68. The van der Waals surface area contributed by atoms with Crippen molar-refractivity contribution >= 4 is 5.97 Å². The van der Waals surface area contributed by atoms with E-state index in [0.29, 0.717) is 13.2 Å². The predicted octanol–water partition coefficient (Wildman–Crippen LogP) is 3.31. The van der Waals surface area contributed by atoms with E-state index in [4.69, 9.17) is 9.84 Å². The average molecular weight is 252 g/mol. The molecule has 0 unspecified atom stereocenters. The molecule has 1 N–H and O–H groups in total. The summed E-state index contributed by atoms with van der Waals surface area (Å²) < 4.78 is 4.79. The van der Waals surface area contributed by atoms with Crippen molar-refractivity contribution in [3.63, 3.8) is 0 Å². The topological polar surface area (TPSA) is 46.5 Å². The molecule has 3 heteroatoms. The molecule has 0 aliphatic heterocycles. The number of aliphatic hydroxyl groups is 1. The van der Waals surface area contributed by atoms with Crippen LogP contribution in [0, 0.1) is 0 Å². The SMILES string of the molecule is CC(=O)OCc1ccccc1.CCCCCCO. The van der Waals surface area contributed by atoms with E-state index in [0.717, 1.165) is 12.0 Å². The van der Waals surface area contributed by atoms with Crippen LogP contribution < -0.4 is 0 Å². The molecule has 0 bridgehead atoms. The third kappa shape index (κ3) is 11.1. The largest absolute Gasteiger partial charge is 0.461 e. The first-order chi connectivity index (χ1) is 8.70. The zero-order valence-corrected chi connectivity index (χ0v) is 11.4. The van der Waals surface area contributed by atoms with E-state index in [9.17, 15) is 4.79 Å². The molecule has 0 saturated carbocycles. The number of carbonyl (C=O) groups excluding carboxylic acids is 1. The molecule has 0 aliphatic rings. The predicted molar refractivity (Wildman–Crippen MR) is 73.1 cm³/mol. The number of hydrogen-bond donors (Lipinski definition) is 1. The van der Waals surface area contributed by atoms with Crippen LogP contribution in [0.1, 0.15) is 45.1 Å². The van der Waals surface area contributed by atoms with E-state index in [1.807, 2.05) is 30.3 Å². The molecule has 0 amide bonds. The lowest BCUT2D eigenvalue weighted by Gasteiger charge is -1.99. The van der Waals surface area contributed by atoms with E-state index >= 15 is 0 Å². The normalized spacial score (nSPS) is 9.28. The fourth-order valence-electron chi connectivity index (χ4n) is 1.30. The number of ether oxygens (including phenoxy) is 1. The quantitative estimate of drug-likeness (QED) is 0.624. The van der Waals surface area contributed by atoms with Crippen LogP contribution in [-0.4, -0.2) is 17.7 Å². The highest BCUT2D eigenvalue weighted by molar-refractivity contribution is 5.65. The Morgan fingerprint density at radius 3 is 2.33 bits per heavy atom. The first kappa shape index (κ1) is 16.6. The molecule has 0 fully saturated rings. The lowest BCUT2D eigenvalue weighted by atomic mass is 10.2. The van der Waals surface area contributed by atoms with Gasteiger partial charge in [0.1, 0.15) is 6.61 Å². The lowest BCUT2D eigenvalue weighted by molar-refractivity contribution is -0.142. The fourth-order valence-corrected chi connectivity index (χ4v) is 1.30. The Balaban J connectivity index is 0.000000360. The summed E-state index contributed by atoms with van der Waals surface area (Å²) in [6, 6.07) is 9.60. The molecule has 102 valence electrons. The van der Waals surface area contributed by atoms with Crippen LogP contribution in [0.4, 0.5) is 0 Å². The maximum atomic E-state index is 10.4. The number of rotatable bonds is 6. The van der Waals surface area contributed by atoms with Gasteiger partial charge in [0.25, 0.3) is 0 Å². The standard InChI is InChI=1S/C9H10O2.C6H14O/c1-8(10)11-7-9-5-3-2-4-6-9;1-2-3-4-5-6-7/h2-6H,7H2,1H3;7H,2-6H2,1H3. The zero-order valence-electron chi connectivity index (χ0n) is 11.4. The molecule has 0 saturated heterocycles.